The van der Waals surface area contributed by atoms with E-state index in [-0.39, 0.29) is 0 Å². The maximum Gasteiger partial charge on any atom is 0.224 e. The van der Waals surface area contributed by atoms with Crippen LogP contribution in [0.2, 0.25) is 0 Å². The fourth-order valence-corrected chi connectivity index (χ4v) is 2.70. The lowest BCUT2D eigenvalue weighted by Gasteiger charge is -2.25. The quantitative estimate of drug-likeness (QED) is 0.696. The number of rotatable bonds is 10. The van der Waals surface area contributed by atoms with Gasteiger partial charge in [-0.2, -0.15) is 4.98 Å². The summed E-state index contributed by atoms with van der Waals surface area (Å²) in [4.78, 5) is 13.6. The number of halogens is 1. The van der Waals surface area contributed by atoms with Crippen LogP contribution in [0.25, 0.3) is 0 Å². The number of nitrogens with zero attached hydrogens (tertiary/aromatic N) is 4. The average Bonchev–Trinajstić information content (AvgIpc) is 2.50. The van der Waals surface area contributed by atoms with Gasteiger partial charge in [0.25, 0.3) is 0 Å². The first-order chi connectivity index (χ1) is 10.2. The van der Waals surface area contributed by atoms with Crippen molar-refractivity contribution < 1.29 is 0 Å². The fourth-order valence-electron chi connectivity index (χ4n) is 2.26. The Balaban J connectivity index is 2.68. The van der Waals surface area contributed by atoms with Crippen LogP contribution in [0.1, 0.15) is 34.1 Å². The molecule has 120 valence electrons. The molecule has 21 heavy (non-hydrogen) atoms. The molecule has 0 radical (unpaired) electrons. The second kappa shape index (κ2) is 9.95. The Morgan fingerprint density at radius 3 is 2.38 bits per heavy atom. The second-order valence-corrected chi connectivity index (χ2v) is 5.71. The van der Waals surface area contributed by atoms with Gasteiger partial charge in [0.15, 0.2) is 0 Å². The largest absolute Gasteiger partial charge is 0.356 e. The molecule has 0 atom stereocenters. The lowest BCUT2D eigenvalue weighted by atomic mass is 10.3. The molecule has 0 bridgehead atoms. The van der Waals surface area contributed by atoms with Crippen LogP contribution in [0.15, 0.2) is 10.7 Å². The topological polar surface area (TPSA) is 44.3 Å². The highest BCUT2D eigenvalue weighted by molar-refractivity contribution is 9.10. The van der Waals surface area contributed by atoms with Crippen LogP contribution < -0.4 is 10.2 Å². The molecule has 0 aromatic carbocycles. The number of nitrogens with one attached hydrogen (secondary N) is 1. The van der Waals surface area contributed by atoms with E-state index >= 15 is 0 Å². The third kappa shape index (κ3) is 5.79. The highest BCUT2D eigenvalue weighted by Crippen LogP contribution is 2.24. The summed E-state index contributed by atoms with van der Waals surface area (Å²) in [7, 11) is 0. The van der Waals surface area contributed by atoms with Crippen LogP contribution >= 0.6 is 15.9 Å². The summed E-state index contributed by atoms with van der Waals surface area (Å²) in [5.74, 6) is 1.67. The predicted octanol–water partition coefficient (Wildman–Crippen LogP) is 3.23. The van der Waals surface area contributed by atoms with Crippen molar-refractivity contribution in [1.29, 1.82) is 0 Å². The van der Waals surface area contributed by atoms with Crippen molar-refractivity contribution in [3.8, 4) is 0 Å². The molecule has 0 fully saturated rings. The van der Waals surface area contributed by atoms with Crippen LogP contribution in [-0.2, 0) is 0 Å². The minimum Gasteiger partial charge on any atom is -0.356 e. The summed E-state index contributed by atoms with van der Waals surface area (Å²) in [5.41, 5.74) is 0. The third-order valence-electron chi connectivity index (χ3n) is 3.54. The van der Waals surface area contributed by atoms with Crippen molar-refractivity contribution in [3.05, 3.63) is 10.7 Å². The molecule has 0 spiro atoms. The minimum atomic E-state index is 0.692. The molecule has 0 unspecified atom stereocenters. The number of aromatic nitrogens is 2. The van der Waals surface area contributed by atoms with Crippen molar-refractivity contribution >= 4 is 27.7 Å². The molecule has 1 aromatic rings. The smallest absolute Gasteiger partial charge is 0.224 e. The predicted molar refractivity (Wildman–Crippen MR) is 94.2 cm³/mol. The molecular formula is C15H28BrN5. The van der Waals surface area contributed by atoms with Gasteiger partial charge in [0.2, 0.25) is 5.95 Å². The highest BCUT2D eigenvalue weighted by atomic mass is 79.9. The van der Waals surface area contributed by atoms with Crippen LogP contribution in [0.4, 0.5) is 11.8 Å². The van der Waals surface area contributed by atoms with E-state index in [1.807, 2.05) is 13.1 Å². The van der Waals surface area contributed by atoms with Crippen LogP contribution in [-0.4, -0.2) is 54.1 Å². The van der Waals surface area contributed by atoms with Crippen molar-refractivity contribution in [2.45, 2.75) is 34.1 Å². The molecule has 1 heterocycles. The van der Waals surface area contributed by atoms with Crippen LogP contribution in [0, 0.1) is 0 Å². The average molecular weight is 358 g/mol. The van der Waals surface area contributed by atoms with E-state index in [9.17, 15) is 0 Å². The van der Waals surface area contributed by atoms with E-state index in [2.05, 4.69) is 61.8 Å². The Kier molecular flexibility index (Phi) is 8.61. The van der Waals surface area contributed by atoms with Gasteiger partial charge >= 0.3 is 0 Å². The first-order valence-corrected chi connectivity index (χ1v) is 8.69. The zero-order valence-corrected chi connectivity index (χ0v) is 15.3. The Bertz CT molecular complexity index is 409. The molecular weight excluding hydrogens is 330 g/mol. The van der Waals surface area contributed by atoms with Gasteiger partial charge < -0.3 is 15.1 Å². The number of hydrogen-bond donors (Lipinski definition) is 1. The Labute approximate surface area is 137 Å². The molecule has 0 aliphatic rings. The lowest BCUT2D eigenvalue weighted by molar-refractivity contribution is 0.300. The zero-order chi connectivity index (χ0) is 15.7. The summed E-state index contributed by atoms with van der Waals surface area (Å²) in [6.07, 6.45) is 2.97. The fraction of sp³-hybridized carbons (Fsp3) is 0.733. The van der Waals surface area contributed by atoms with Gasteiger partial charge in [-0.1, -0.05) is 13.8 Å². The first-order valence-electron chi connectivity index (χ1n) is 7.89. The molecule has 0 aliphatic carbocycles. The molecule has 1 N–H and O–H groups in total. The number of anilines is 2. The van der Waals surface area contributed by atoms with Gasteiger partial charge in [0.1, 0.15) is 5.82 Å². The van der Waals surface area contributed by atoms with Crippen LogP contribution in [0.3, 0.4) is 0 Å². The normalized spacial score (nSPS) is 11.0. The second-order valence-electron chi connectivity index (χ2n) is 4.86. The molecule has 0 aliphatic heterocycles. The maximum atomic E-state index is 4.61. The van der Waals surface area contributed by atoms with E-state index in [1.165, 1.54) is 0 Å². The summed E-state index contributed by atoms with van der Waals surface area (Å²) in [5, 5.41) is 3.17. The van der Waals surface area contributed by atoms with E-state index in [0.29, 0.717) is 5.95 Å². The van der Waals surface area contributed by atoms with Crippen molar-refractivity contribution in [3.63, 3.8) is 0 Å². The van der Waals surface area contributed by atoms with E-state index in [0.717, 1.165) is 56.0 Å². The summed E-state index contributed by atoms with van der Waals surface area (Å²) >= 11 is 3.57. The van der Waals surface area contributed by atoms with Gasteiger partial charge in [-0.05, 0) is 55.8 Å². The van der Waals surface area contributed by atoms with E-state index in [4.69, 9.17) is 0 Å². The lowest BCUT2D eigenvalue weighted by Crippen LogP contribution is -2.30. The number of hydrogen-bond acceptors (Lipinski definition) is 5. The summed E-state index contributed by atoms with van der Waals surface area (Å²) in [6.45, 7) is 14.8. The minimum absolute atomic E-state index is 0.692. The first kappa shape index (κ1) is 18.2. The van der Waals surface area contributed by atoms with Gasteiger partial charge in [-0.15, -0.1) is 0 Å². The third-order valence-corrected chi connectivity index (χ3v) is 4.10. The van der Waals surface area contributed by atoms with E-state index in [1.54, 1.807) is 0 Å². The van der Waals surface area contributed by atoms with Gasteiger partial charge in [0, 0.05) is 25.8 Å². The monoisotopic (exact) mass is 357 g/mol. The van der Waals surface area contributed by atoms with Crippen molar-refractivity contribution in [1.82, 2.24) is 14.9 Å². The van der Waals surface area contributed by atoms with Gasteiger partial charge in [0.05, 0.1) is 4.47 Å². The van der Waals surface area contributed by atoms with Crippen molar-refractivity contribution in [2.24, 2.45) is 0 Å². The molecule has 0 saturated heterocycles. The molecule has 5 nitrogen and oxygen atoms in total. The van der Waals surface area contributed by atoms with E-state index < -0.39 is 0 Å². The SMILES string of the molecule is CCNc1ncc(Br)c(N(CC)CCCN(CC)CC)n1. The molecule has 1 aromatic heterocycles. The maximum absolute atomic E-state index is 4.61. The Hall–Kier alpha value is -0.880. The van der Waals surface area contributed by atoms with Crippen molar-refractivity contribution in [2.75, 3.05) is 49.5 Å². The Morgan fingerprint density at radius 2 is 1.81 bits per heavy atom. The summed E-state index contributed by atoms with van der Waals surface area (Å²) in [6, 6.07) is 0. The molecule has 6 heteroatoms. The van der Waals surface area contributed by atoms with Gasteiger partial charge in [-0.3, -0.25) is 0 Å². The molecule has 0 saturated carbocycles. The molecule has 0 amide bonds. The van der Waals surface area contributed by atoms with Crippen LogP contribution in [0.5, 0.6) is 0 Å². The van der Waals surface area contributed by atoms with Gasteiger partial charge in [-0.25, -0.2) is 4.98 Å². The molecule has 1 rings (SSSR count). The zero-order valence-electron chi connectivity index (χ0n) is 13.7. The standard InChI is InChI=1S/C15H28BrN5/c1-5-17-15-18-12-13(16)14(19-15)21(8-4)11-9-10-20(6-2)7-3/h12H,5-11H2,1-4H3,(H,17,18,19). The Morgan fingerprint density at radius 1 is 1.10 bits per heavy atom. The highest BCUT2D eigenvalue weighted by Gasteiger charge is 2.12. The summed E-state index contributed by atoms with van der Waals surface area (Å²) < 4.78 is 0.953.